The van der Waals surface area contributed by atoms with E-state index in [1.807, 2.05) is 24.3 Å². The number of halogens is 2. The SMILES string of the molecule is Fc1ccc(C(c2ccc(F)cc2)N2CCN(C3CCCCN3)CC2)cc1. The summed E-state index contributed by atoms with van der Waals surface area (Å²) in [5, 5.41) is 3.63. The van der Waals surface area contributed by atoms with Crippen LogP contribution in [0.1, 0.15) is 36.4 Å². The van der Waals surface area contributed by atoms with Crippen LogP contribution in [0.25, 0.3) is 0 Å². The first-order valence-corrected chi connectivity index (χ1v) is 9.93. The summed E-state index contributed by atoms with van der Waals surface area (Å²) in [6.45, 7) is 5.01. The van der Waals surface area contributed by atoms with Crippen molar-refractivity contribution < 1.29 is 8.78 Å². The molecule has 2 aliphatic rings. The average molecular weight is 371 g/mol. The molecule has 2 aliphatic heterocycles. The molecule has 5 heteroatoms. The maximum absolute atomic E-state index is 13.4. The molecule has 0 aliphatic carbocycles. The molecule has 1 unspecified atom stereocenters. The lowest BCUT2D eigenvalue weighted by atomic mass is 9.96. The van der Waals surface area contributed by atoms with E-state index in [9.17, 15) is 8.78 Å². The van der Waals surface area contributed by atoms with Gasteiger partial charge < -0.3 is 5.32 Å². The lowest BCUT2D eigenvalue weighted by Crippen LogP contribution is -2.56. The molecule has 0 spiro atoms. The third kappa shape index (κ3) is 4.37. The molecular weight excluding hydrogens is 344 g/mol. The van der Waals surface area contributed by atoms with Gasteiger partial charge in [0.1, 0.15) is 11.6 Å². The van der Waals surface area contributed by atoms with Crippen LogP contribution >= 0.6 is 0 Å². The lowest BCUT2D eigenvalue weighted by Gasteiger charge is -2.43. The fourth-order valence-electron chi connectivity index (χ4n) is 4.36. The molecule has 4 rings (SSSR count). The fourth-order valence-corrected chi connectivity index (χ4v) is 4.36. The molecule has 2 aromatic rings. The number of rotatable bonds is 4. The number of hydrogen-bond acceptors (Lipinski definition) is 3. The molecule has 2 saturated heterocycles. The van der Waals surface area contributed by atoms with Gasteiger partial charge >= 0.3 is 0 Å². The molecule has 0 radical (unpaired) electrons. The van der Waals surface area contributed by atoms with Crippen molar-refractivity contribution in [2.45, 2.75) is 31.5 Å². The predicted octanol–water partition coefficient (Wildman–Crippen LogP) is 3.77. The van der Waals surface area contributed by atoms with Gasteiger partial charge in [0.05, 0.1) is 12.2 Å². The Hall–Kier alpha value is -1.82. The minimum Gasteiger partial charge on any atom is -0.302 e. The van der Waals surface area contributed by atoms with E-state index in [0.717, 1.165) is 43.9 Å². The summed E-state index contributed by atoms with van der Waals surface area (Å²) >= 11 is 0. The molecule has 27 heavy (non-hydrogen) atoms. The molecule has 2 heterocycles. The van der Waals surface area contributed by atoms with Crippen LogP contribution in [0.2, 0.25) is 0 Å². The highest BCUT2D eigenvalue weighted by atomic mass is 19.1. The third-order valence-corrected chi connectivity index (χ3v) is 5.81. The normalized spacial score (nSPS) is 22.3. The van der Waals surface area contributed by atoms with Crippen LogP contribution in [-0.4, -0.2) is 48.7 Å². The second-order valence-electron chi connectivity index (χ2n) is 7.54. The summed E-state index contributed by atoms with van der Waals surface area (Å²) in [5.74, 6) is -0.463. The highest BCUT2D eigenvalue weighted by molar-refractivity contribution is 5.32. The Kier molecular flexibility index (Phi) is 5.81. The highest BCUT2D eigenvalue weighted by Crippen LogP contribution is 2.30. The monoisotopic (exact) mass is 371 g/mol. The maximum atomic E-state index is 13.4. The minimum absolute atomic E-state index is 0.0210. The number of benzene rings is 2. The lowest BCUT2D eigenvalue weighted by molar-refractivity contribution is 0.0555. The van der Waals surface area contributed by atoms with Gasteiger partial charge in [-0.15, -0.1) is 0 Å². The van der Waals surface area contributed by atoms with Gasteiger partial charge in [-0.2, -0.15) is 0 Å². The van der Waals surface area contributed by atoms with Crippen molar-refractivity contribution in [1.29, 1.82) is 0 Å². The number of hydrogen-bond donors (Lipinski definition) is 1. The van der Waals surface area contributed by atoms with Crippen LogP contribution in [0, 0.1) is 11.6 Å². The fraction of sp³-hybridized carbons (Fsp3) is 0.455. The Morgan fingerprint density at radius 3 is 1.81 bits per heavy atom. The molecule has 144 valence electrons. The maximum Gasteiger partial charge on any atom is 0.123 e. The quantitative estimate of drug-likeness (QED) is 0.883. The van der Waals surface area contributed by atoms with Gasteiger partial charge in [0, 0.05) is 26.2 Å². The van der Waals surface area contributed by atoms with Gasteiger partial charge in [-0.05, 0) is 61.2 Å². The first kappa shape index (κ1) is 18.5. The van der Waals surface area contributed by atoms with E-state index in [1.54, 1.807) is 0 Å². The van der Waals surface area contributed by atoms with Crippen molar-refractivity contribution in [3.63, 3.8) is 0 Å². The second-order valence-corrected chi connectivity index (χ2v) is 7.54. The van der Waals surface area contributed by atoms with Crippen molar-refractivity contribution >= 4 is 0 Å². The van der Waals surface area contributed by atoms with Gasteiger partial charge in [-0.1, -0.05) is 24.3 Å². The Morgan fingerprint density at radius 1 is 0.778 bits per heavy atom. The van der Waals surface area contributed by atoms with Crippen LogP contribution in [-0.2, 0) is 0 Å². The summed E-state index contributed by atoms with van der Waals surface area (Å²) in [6.07, 6.45) is 4.29. The topological polar surface area (TPSA) is 18.5 Å². The van der Waals surface area contributed by atoms with E-state index < -0.39 is 0 Å². The van der Waals surface area contributed by atoms with Crippen LogP contribution in [0.3, 0.4) is 0 Å². The molecule has 0 amide bonds. The van der Waals surface area contributed by atoms with Crippen LogP contribution < -0.4 is 5.32 Å². The zero-order valence-electron chi connectivity index (χ0n) is 15.6. The molecule has 2 fully saturated rings. The van der Waals surface area contributed by atoms with E-state index in [0.29, 0.717) is 6.17 Å². The molecule has 3 nitrogen and oxygen atoms in total. The zero-order chi connectivity index (χ0) is 18.6. The summed E-state index contributed by atoms with van der Waals surface area (Å²) in [7, 11) is 0. The standard InChI is InChI=1S/C22H27F2N3/c23-19-8-4-17(5-9-19)22(18-6-10-20(24)11-7-18)27-15-13-26(14-16-27)21-3-1-2-12-25-21/h4-11,21-22,25H,1-3,12-16H2. The van der Waals surface area contributed by atoms with E-state index >= 15 is 0 Å². The van der Waals surface area contributed by atoms with Gasteiger partial charge in [0.15, 0.2) is 0 Å². The summed E-state index contributed by atoms with van der Waals surface area (Å²) in [5.41, 5.74) is 2.10. The van der Waals surface area contributed by atoms with E-state index in [1.165, 1.54) is 43.5 Å². The van der Waals surface area contributed by atoms with Crippen molar-refractivity contribution in [2.24, 2.45) is 0 Å². The predicted molar refractivity (Wildman–Crippen MR) is 103 cm³/mol. The van der Waals surface area contributed by atoms with Crippen molar-refractivity contribution in [3.05, 3.63) is 71.3 Å². The molecule has 2 aromatic carbocycles. The molecule has 0 aromatic heterocycles. The van der Waals surface area contributed by atoms with Gasteiger partial charge in [0.2, 0.25) is 0 Å². The van der Waals surface area contributed by atoms with E-state index in [2.05, 4.69) is 15.1 Å². The number of nitrogens with one attached hydrogen (secondary N) is 1. The Labute approximate surface area is 160 Å². The number of nitrogens with zero attached hydrogens (tertiary/aromatic N) is 2. The van der Waals surface area contributed by atoms with Crippen LogP contribution in [0.15, 0.2) is 48.5 Å². The van der Waals surface area contributed by atoms with Gasteiger partial charge in [0.25, 0.3) is 0 Å². The Bertz CT molecular complexity index is 673. The van der Waals surface area contributed by atoms with Crippen LogP contribution in [0.4, 0.5) is 8.78 Å². The second kappa shape index (κ2) is 8.46. The largest absolute Gasteiger partial charge is 0.302 e. The molecule has 0 bridgehead atoms. The molecular formula is C22H27F2N3. The van der Waals surface area contributed by atoms with Crippen LogP contribution in [0.5, 0.6) is 0 Å². The zero-order valence-corrected chi connectivity index (χ0v) is 15.6. The Morgan fingerprint density at radius 2 is 1.33 bits per heavy atom. The average Bonchev–Trinajstić information content (AvgIpc) is 2.72. The number of piperidine rings is 1. The highest BCUT2D eigenvalue weighted by Gasteiger charge is 2.29. The number of piperazine rings is 1. The van der Waals surface area contributed by atoms with Crippen molar-refractivity contribution in [1.82, 2.24) is 15.1 Å². The molecule has 1 atom stereocenters. The van der Waals surface area contributed by atoms with Crippen molar-refractivity contribution in [3.8, 4) is 0 Å². The minimum atomic E-state index is -0.232. The van der Waals surface area contributed by atoms with Gasteiger partial charge in [-0.25, -0.2) is 8.78 Å². The van der Waals surface area contributed by atoms with Crippen molar-refractivity contribution in [2.75, 3.05) is 32.7 Å². The molecule has 0 saturated carbocycles. The summed E-state index contributed by atoms with van der Waals surface area (Å²) < 4.78 is 26.9. The first-order chi connectivity index (χ1) is 13.2. The van der Waals surface area contributed by atoms with E-state index in [-0.39, 0.29) is 17.7 Å². The Balaban J connectivity index is 1.52. The smallest absolute Gasteiger partial charge is 0.123 e. The van der Waals surface area contributed by atoms with E-state index in [4.69, 9.17) is 0 Å². The third-order valence-electron chi connectivity index (χ3n) is 5.81. The summed E-state index contributed by atoms with van der Waals surface area (Å²) in [6, 6.07) is 13.4. The van der Waals surface area contributed by atoms with Gasteiger partial charge in [-0.3, -0.25) is 9.80 Å². The first-order valence-electron chi connectivity index (χ1n) is 9.93. The molecule has 1 N–H and O–H groups in total. The summed E-state index contributed by atoms with van der Waals surface area (Å²) in [4.78, 5) is 4.97.